The Bertz CT molecular complexity index is 537. The molecule has 0 fully saturated rings. The summed E-state index contributed by atoms with van der Waals surface area (Å²) in [5, 5.41) is 7.61. The topological polar surface area (TPSA) is 29.9 Å². The molecule has 102 valence electrons. The van der Waals surface area contributed by atoms with Gasteiger partial charge in [0.25, 0.3) is 0 Å². The van der Waals surface area contributed by atoms with Crippen LogP contribution in [0, 0.1) is 0 Å². The molecule has 0 aliphatic heterocycles. The van der Waals surface area contributed by atoms with Gasteiger partial charge in [0, 0.05) is 22.2 Å². The molecule has 2 aromatic rings. The molecule has 0 amide bonds. The lowest BCUT2D eigenvalue weighted by Gasteiger charge is -2.17. The van der Waals surface area contributed by atoms with Crippen LogP contribution in [0.2, 0.25) is 0 Å². The van der Waals surface area contributed by atoms with Crippen LogP contribution in [0.1, 0.15) is 11.7 Å². The average Bonchev–Trinajstić information content (AvgIpc) is 2.71. The van der Waals surface area contributed by atoms with Gasteiger partial charge < -0.3 is 5.32 Å². The lowest BCUT2D eigenvalue weighted by atomic mass is 10.2. The molecule has 19 heavy (non-hydrogen) atoms. The van der Waals surface area contributed by atoms with Crippen molar-refractivity contribution in [2.45, 2.75) is 10.9 Å². The molecular weight excluding hydrogens is 390 g/mol. The van der Waals surface area contributed by atoms with Crippen molar-refractivity contribution in [1.82, 2.24) is 15.1 Å². The summed E-state index contributed by atoms with van der Waals surface area (Å²) < 4.78 is 4.07. The predicted octanol–water partition coefficient (Wildman–Crippen LogP) is 4.00. The summed E-state index contributed by atoms with van der Waals surface area (Å²) in [6, 6.07) is 8.61. The van der Waals surface area contributed by atoms with E-state index in [2.05, 4.69) is 60.5 Å². The third kappa shape index (κ3) is 3.84. The molecule has 1 atom stereocenters. The first-order valence-corrected chi connectivity index (χ1v) is 8.42. The van der Waals surface area contributed by atoms with E-state index in [0.717, 1.165) is 14.7 Å². The van der Waals surface area contributed by atoms with Crippen LogP contribution in [0.4, 0.5) is 0 Å². The molecule has 0 saturated carbocycles. The van der Waals surface area contributed by atoms with E-state index in [1.165, 1.54) is 10.6 Å². The smallest absolute Gasteiger partial charge is 0.0700 e. The molecule has 0 bridgehead atoms. The summed E-state index contributed by atoms with van der Waals surface area (Å²) in [5.74, 6) is 0.949. The first kappa shape index (κ1) is 15.1. The van der Waals surface area contributed by atoms with Gasteiger partial charge in [-0.15, -0.1) is 11.8 Å². The summed E-state index contributed by atoms with van der Waals surface area (Å²) in [6.07, 6.45) is 1.84. The van der Waals surface area contributed by atoms with Gasteiger partial charge in [0.05, 0.1) is 22.4 Å². The number of halogens is 2. The number of thioether (sulfide) groups is 1. The molecule has 3 nitrogen and oxygen atoms in total. The van der Waals surface area contributed by atoms with E-state index in [0.29, 0.717) is 0 Å². The van der Waals surface area contributed by atoms with Crippen molar-refractivity contribution in [1.29, 1.82) is 0 Å². The van der Waals surface area contributed by atoms with Gasteiger partial charge in [0.15, 0.2) is 0 Å². The van der Waals surface area contributed by atoms with Crippen molar-refractivity contribution < 1.29 is 0 Å². The number of aromatic nitrogens is 2. The Labute approximate surface area is 134 Å². The standard InChI is InChI=1S/C13H15Br2N3S/c1-16-12(13-11(15)7-17-18(13)2)8-19-10-5-3-4-9(14)6-10/h3-7,12,16H,8H2,1-2H3. The highest BCUT2D eigenvalue weighted by Crippen LogP contribution is 2.29. The minimum absolute atomic E-state index is 0.255. The quantitative estimate of drug-likeness (QED) is 0.763. The highest BCUT2D eigenvalue weighted by atomic mass is 79.9. The zero-order chi connectivity index (χ0) is 13.8. The number of rotatable bonds is 5. The van der Waals surface area contributed by atoms with Crippen molar-refractivity contribution in [2.24, 2.45) is 7.05 Å². The molecule has 6 heteroatoms. The number of nitrogens with one attached hydrogen (secondary N) is 1. The van der Waals surface area contributed by atoms with E-state index < -0.39 is 0 Å². The Morgan fingerprint density at radius 2 is 2.21 bits per heavy atom. The fourth-order valence-electron chi connectivity index (χ4n) is 1.85. The molecule has 1 aromatic carbocycles. The molecule has 1 N–H and O–H groups in total. The largest absolute Gasteiger partial charge is 0.311 e. The van der Waals surface area contributed by atoms with Crippen molar-refractivity contribution in [3.63, 3.8) is 0 Å². The lowest BCUT2D eigenvalue weighted by Crippen LogP contribution is -2.22. The van der Waals surface area contributed by atoms with Gasteiger partial charge in [-0.2, -0.15) is 5.10 Å². The second kappa shape index (κ2) is 6.92. The van der Waals surface area contributed by atoms with Crippen LogP contribution < -0.4 is 5.32 Å². The molecule has 1 heterocycles. The maximum atomic E-state index is 4.27. The van der Waals surface area contributed by atoms with Crippen molar-refractivity contribution in [2.75, 3.05) is 12.8 Å². The predicted molar refractivity (Wildman–Crippen MR) is 87.6 cm³/mol. The van der Waals surface area contributed by atoms with Crippen LogP contribution in [0.15, 0.2) is 44.3 Å². The van der Waals surface area contributed by atoms with Crippen molar-refractivity contribution in [3.05, 3.63) is 45.1 Å². The van der Waals surface area contributed by atoms with Gasteiger partial charge in [0.2, 0.25) is 0 Å². The average molecular weight is 405 g/mol. The summed E-state index contributed by atoms with van der Waals surface area (Å²) in [7, 11) is 3.94. The summed E-state index contributed by atoms with van der Waals surface area (Å²) in [5.41, 5.74) is 1.17. The Kier molecular flexibility index (Phi) is 5.50. The van der Waals surface area contributed by atoms with Crippen molar-refractivity contribution >= 4 is 43.6 Å². The van der Waals surface area contributed by atoms with Gasteiger partial charge in [0.1, 0.15) is 0 Å². The van der Waals surface area contributed by atoms with Crippen LogP contribution in [-0.2, 0) is 7.05 Å². The van der Waals surface area contributed by atoms with E-state index >= 15 is 0 Å². The van der Waals surface area contributed by atoms with Crippen molar-refractivity contribution in [3.8, 4) is 0 Å². The highest BCUT2D eigenvalue weighted by Gasteiger charge is 2.17. The van der Waals surface area contributed by atoms with E-state index in [-0.39, 0.29) is 6.04 Å². The molecule has 0 saturated heterocycles. The van der Waals surface area contributed by atoms with Gasteiger partial charge in [-0.1, -0.05) is 22.0 Å². The Morgan fingerprint density at radius 3 is 2.79 bits per heavy atom. The molecule has 0 spiro atoms. The third-order valence-electron chi connectivity index (χ3n) is 2.83. The Morgan fingerprint density at radius 1 is 1.42 bits per heavy atom. The summed E-state index contributed by atoms with van der Waals surface area (Å²) >= 11 is 8.88. The number of nitrogens with zero attached hydrogens (tertiary/aromatic N) is 2. The Balaban J connectivity index is 2.08. The maximum Gasteiger partial charge on any atom is 0.0700 e. The molecule has 1 unspecified atom stereocenters. The second-order valence-electron chi connectivity index (χ2n) is 4.11. The summed E-state index contributed by atoms with van der Waals surface area (Å²) in [6.45, 7) is 0. The first-order valence-electron chi connectivity index (χ1n) is 5.85. The minimum Gasteiger partial charge on any atom is -0.311 e. The van der Waals surface area contributed by atoms with E-state index in [1.54, 1.807) is 0 Å². The number of hydrogen-bond donors (Lipinski definition) is 1. The zero-order valence-corrected chi connectivity index (χ0v) is 14.7. The van der Waals surface area contributed by atoms with E-state index in [9.17, 15) is 0 Å². The number of benzene rings is 1. The van der Waals surface area contributed by atoms with E-state index in [1.807, 2.05) is 42.8 Å². The second-order valence-corrected chi connectivity index (χ2v) is 6.97. The van der Waals surface area contributed by atoms with Gasteiger partial charge in [-0.25, -0.2) is 0 Å². The SMILES string of the molecule is CNC(CSc1cccc(Br)c1)c1c(Br)cnn1C. The number of hydrogen-bond acceptors (Lipinski definition) is 3. The fraction of sp³-hybridized carbons (Fsp3) is 0.308. The first-order chi connectivity index (χ1) is 9.11. The normalized spacial score (nSPS) is 12.6. The molecule has 0 aliphatic rings. The molecule has 1 aromatic heterocycles. The zero-order valence-electron chi connectivity index (χ0n) is 10.7. The van der Waals surface area contributed by atoms with Crippen LogP contribution >= 0.6 is 43.6 Å². The van der Waals surface area contributed by atoms with Gasteiger partial charge in [-0.3, -0.25) is 4.68 Å². The maximum absolute atomic E-state index is 4.27. The Hall–Kier alpha value is -0.300. The highest BCUT2D eigenvalue weighted by molar-refractivity contribution is 9.10. The van der Waals surface area contributed by atoms with Crippen LogP contribution in [0.5, 0.6) is 0 Å². The van der Waals surface area contributed by atoms with Gasteiger partial charge in [-0.05, 0) is 41.2 Å². The van der Waals surface area contributed by atoms with Crippen LogP contribution in [0.3, 0.4) is 0 Å². The molecule has 0 radical (unpaired) electrons. The van der Waals surface area contributed by atoms with Gasteiger partial charge >= 0.3 is 0 Å². The third-order valence-corrected chi connectivity index (χ3v) is 5.02. The monoisotopic (exact) mass is 403 g/mol. The molecule has 0 aliphatic carbocycles. The van der Waals surface area contributed by atoms with Crippen LogP contribution in [-0.4, -0.2) is 22.6 Å². The minimum atomic E-state index is 0.255. The van der Waals surface area contributed by atoms with E-state index in [4.69, 9.17) is 0 Å². The molecule has 2 rings (SSSR count). The lowest BCUT2D eigenvalue weighted by molar-refractivity contribution is 0.583. The van der Waals surface area contributed by atoms with Crippen LogP contribution in [0.25, 0.3) is 0 Å². The number of aryl methyl sites for hydroxylation is 1. The molecular formula is C13H15Br2N3S. The summed E-state index contributed by atoms with van der Waals surface area (Å²) in [4.78, 5) is 1.26. The fourth-order valence-corrected chi connectivity index (χ4v) is 4.09.